The Hall–Kier alpha value is -3.70. The minimum absolute atomic E-state index is 0.0136. The molecule has 34 heavy (non-hydrogen) atoms. The molecule has 2 aromatic carbocycles. The Morgan fingerprint density at radius 2 is 1.76 bits per heavy atom. The standard InChI is InChI=1S/C23H21N3O7S/c1-14-21(27)24-18-13-16(6-7-20(18)32-14)34(30,31)26-10-8-25(9-11-26)22(28)17-12-15-4-2-3-5-19(15)33-23(17)29/h2-7,12-14H,8-11H2,1H3,(H,24,27)/t14-/m0/s1. The van der Waals surface area contributed by atoms with Crippen LogP contribution in [0.15, 0.2) is 62.6 Å². The number of benzene rings is 2. The smallest absolute Gasteiger partial charge is 0.349 e. The van der Waals surface area contributed by atoms with Crippen LogP contribution in [0.2, 0.25) is 0 Å². The van der Waals surface area contributed by atoms with Crippen LogP contribution in [0.3, 0.4) is 0 Å². The summed E-state index contributed by atoms with van der Waals surface area (Å²) in [5.41, 5.74) is -0.136. The number of para-hydroxylation sites is 1. The van der Waals surface area contributed by atoms with Gasteiger partial charge in [0.15, 0.2) is 6.10 Å². The monoisotopic (exact) mass is 483 g/mol. The average molecular weight is 484 g/mol. The van der Waals surface area contributed by atoms with E-state index in [4.69, 9.17) is 9.15 Å². The molecule has 10 nitrogen and oxygen atoms in total. The number of anilines is 1. The maximum absolute atomic E-state index is 13.2. The predicted octanol–water partition coefficient (Wildman–Crippen LogP) is 1.66. The summed E-state index contributed by atoms with van der Waals surface area (Å²) in [5.74, 6) is -0.456. The lowest BCUT2D eigenvalue weighted by molar-refractivity contribution is -0.122. The van der Waals surface area contributed by atoms with E-state index in [1.807, 2.05) is 0 Å². The van der Waals surface area contributed by atoms with Crippen molar-refractivity contribution in [2.75, 3.05) is 31.5 Å². The van der Waals surface area contributed by atoms with Gasteiger partial charge < -0.3 is 19.4 Å². The highest BCUT2D eigenvalue weighted by Crippen LogP contribution is 2.33. The third-order valence-corrected chi connectivity index (χ3v) is 7.81. The van der Waals surface area contributed by atoms with E-state index in [-0.39, 0.29) is 42.5 Å². The Labute approximate surface area is 194 Å². The van der Waals surface area contributed by atoms with E-state index < -0.39 is 27.7 Å². The second-order valence-corrected chi connectivity index (χ2v) is 10.0. The molecular weight excluding hydrogens is 462 g/mol. The number of carbonyl (C=O) groups is 2. The molecule has 0 saturated carbocycles. The number of fused-ring (bicyclic) bond motifs is 2. The Bertz CT molecular complexity index is 1470. The summed E-state index contributed by atoms with van der Waals surface area (Å²) in [7, 11) is -3.87. The van der Waals surface area contributed by atoms with Gasteiger partial charge in [-0.05, 0) is 37.3 Å². The van der Waals surface area contributed by atoms with Gasteiger partial charge in [-0.15, -0.1) is 0 Å². The molecule has 0 radical (unpaired) electrons. The minimum Gasteiger partial charge on any atom is -0.479 e. The summed E-state index contributed by atoms with van der Waals surface area (Å²) >= 11 is 0. The van der Waals surface area contributed by atoms with Crippen molar-refractivity contribution in [3.63, 3.8) is 0 Å². The van der Waals surface area contributed by atoms with E-state index in [1.165, 1.54) is 33.5 Å². The average Bonchev–Trinajstić information content (AvgIpc) is 2.83. The highest BCUT2D eigenvalue weighted by Gasteiger charge is 2.33. The molecule has 1 atom stereocenters. The number of sulfonamides is 1. The number of piperazine rings is 1. The van der Waals surface area contributed by atoms with Gasteiger partial charge in [-0.2, -0.15) is 4.31 Å². The van der Waals surface area contributed by atoms with Crippen LogP contribution in [-0.2, 0) is 14.8 Å². The van der Waals surface area contributed by atoms with Crippen molar-refractivity contribution in [2.24, 2.45) is 0 Å². The van der Waals surface area contributed by atoms with Crippen molar-refractivity contribution in [3.8, 4) is 5.75 Å². The lowest BCUT2D eigenvalue weighted by atomic mass is 10.1. The second-order valence-electron chi connectivity index (χ2n) is 8.09. The molecule has 0 unspecified atom stereocenters. The predicted molar refractivity (Wildman–Crippen MR) is 122 cm³/mol. The molecule has 1 saturated heterocycles. The maximum Gasteiger partial charge on any atom is 0.349 e. The largest absolute Gasteiger partial charge is 0.479 e. The molecule has 2 aliphatic rings. The quantitative estimate of drug-likeness (QED) is 0.562. The minimum atomic E-state index is -3.87. The molecule has 0 bridgehead atoms. The number of amides is 2. The first-order valence-electron chi connectivity index (χ1n) is 10.7. The fourth-order valence-electron chi connectivity index (χ4n) is 4.01. The molecule has 2 aliphatic heterocycles. The highest BCUT2D eigenvalue weighted by atomic mass is 32.2. The number of nitrogens with one attached hydrogen (secondary N) is 1. The maximum atomic E-state index is 13.2. The first-order valence-corrected chi connectivity index (χ1v) is 12.1. The van der Waals surface area contributed by atoms with Crippen LogP contribution >= 0.6 is 0 Å². The summed E-state index contributed by atoms with van der Waals surface area (Å²) in [4.78, 5) is 38.6. The zero-order valence-electron chi connectivity index (χ0n) is 18.2. The third-order valence-electron chi connectivity index (χ3n) is 5.92. The Balaban J connectivity index is 1.32. The van der Waals surface area contributed by atoms with Gasteiger partial charge >= 0.3 is 5.63 Å². The van der Waals surface area contributed by atoms with Crippen LogP contribution in [0.5, 0.6) is 5.75 Å². The Kier molecular flexibility index (Phi) is 5.37. The van der Waals surface area contributed by atoms with Crippen LogP contribution < -0.4 is 15.7 Å². The number of hydrogen-bond acceptors (Lipinski definition) is 7. The van der Waals surface area contributed by atoms with Gasteiger partial charge in [0.1, 0.15) is 16.9 Å². The zero-order valence-corrected chi connectivity index (χ0v) is 19.0. The topological polar surface area (TPSA) is 126 Å². The molecule has 1 N–H and O–H groups in total. The van der Waals surface area contributed by atoms with Crippen LogP contribution in [-0.4, -0.2) is 61.7 Å². The Morgan fingerprint density at radius 3 is 2.53 bits per heavy atom. The van der Waals surface area contributed by atoms with Crippen molar-refractivity contribution in [2.45, 2.75) is 17.9 Å². The summed E-state index contributed by atoms with van der Waals surface area (Å²) in [6.07, 6.45) is -0.661. The van der Waals surface area contributed by atoms with E-state index in [9.17, 15) is 22.8 Å². The molecule has 1 fully saturated rings. The first kappa shape index (κ1) is 22.1. The van der Waals surface area contributed by atoms with E-state index in [1.54, 1.807) is 31.2 Å². The molecule has 176 valence electrons. The van der Waals surface area contributed by atoms with E-state index in [0.29, 0.717) is 22.4 Å². The highest BCUT2D eigenvalue weighted by molar-refractivity contribution is 7.89. The van der Waals surface area contributed by atoms with Crippen molar-refractivity contribution < 1.29 is 27.2 Å². The molecule has 3 heterocycles. The molecule has 2 amide bonds. The lowest BCUT2D eigenvalue weighted by Gasteiger charge is -2.34. The molecule has 5 rings (SSSR count). The van der Waals surface area contributed by atoms with E-state index in [0.717, 1.165) is 0 Å². The summed E-state index contributed by atoms with van der Waals surface area (Å²) < 4.78 is 38.3. The van der Waals surface area contributed by atoms with Gasteiger partial charge in [-0.3, -0.25) is 9.59 Å². The summed E-state index contributed by atoms with van der Waals surface area (Å²) in [5, 5.41) is 3.27. The lowest BCUT2D eigenvalue weighted by Crippen LogP contribution is -2.51. The number of rotatable bonds is 3. The van der Waals surface area contributed by atoms with Crippen LogP contribution in [0.4, 0.5) is 5.69 Å². The van der Waals surface area contributed by atoms with Crippen molar-refractivity contribution >= 4 is 38.5 Å². The van der Waals surface area contributed by atoms with Crippen LogP contribution in [0.25, 0.3) is 11.0 Å². The summed E-state index contributed by atoms with van der Waals surface area (Å²) in [6.45, 7) is 1.96. The zero-order chi connectivity index (χ0) is 24.0. The molecule has 0 aliphatic carbocycles. The van der Waals surface area contributed by atoms with Gasteiger partial charge in [-0.25, -0.2) is 13.2 Å². The fraction of sp³-hybridized carbons (Fsp3) is 0.261. The van der Waals surface area contributed by atoms with Crippen molar-refractivity contribution in [1.29, 1.82) is 0 Å². The SMILES string of the molecule is C[C@@H]1Oc2ccc(S(=O)(=O)N3CCN(C(=O)c4cc5ccccc5oc4=O)CC3)cc2NC1=O. The van der Waals surface area contributed by atoms with Crippen molar-refractivity contribution in [3.05, 3.63) is 64.5 Å². The molecule has 3 aromatic rings. The molecule has 1 aromatic heterocycles. The number of carbonyl (C=O) groups excluding carboxylic acids is 2. The van der Waals surface area contributed by atoms with Crippen molar-refractivity contribution in [1.82, 2.24) is 9.21 Å². The van der Waals surface area contributed by atoms with E-state index >= 15 is 0 Å². The Morgan fingerprint density at radius 1 is 1.03 bits per heavy atom. The fourth-order valence-corrected chi connectivity index (χ4v) is 5.46. The number of nitrogens with zero attached hydrogens (tertiary/aromatic N) is 2. The summed E-state index contributed by atoms with van der Waals surface area (Å²) in [6, 6.07) is 12.7. The second kappa shape index (κ2) is 8.26. The molecule has 11 heteroatoms. The first-order chi connectivity index (χ1) is 16.2. The van der Waals surface area contributed by atoms with Gasteiger partial charge in [0.05, 0.1) is 10.6 Å². The van der Waals surface area contributed by atoms with Gasteiger partial charge in [0.25, 0.3) is 11.8 Å². The molecule has 0 spiro atoms. The van der Waals surface area contributed by atoms with Gasteiger partial charge in [0, 0.05) is 31.6 Å². The molecular formula is C23H21N3O7S. The van der Waals surface area contributed by atoms with Gasteiger partial charge in [0.2, 0.25) is 10.0 Å². The van der Waals surface area contributed by atoms with Gasteiger partial charge in [-0.1, -0.05) is 18.2 Å². The third kappa shape index (κ3) is 3.82. The van der Waals surface area contributed by atoms with Crippen LogP contribution in [0.1, 0.15) is 17.3 Å². The normalized spacial score (nSPS) is 18.8. The van der Waals surface area contributed by atoms with E-state index in [2.05, 4.69) is 5.32 Å². The number of ether oxygens (including phenoxy) is 1. The van der Waals surface area contributed by atoms with Crippen LogP contribution in [0, 0.1) is 0 Å². The number of hydrogen-bond donors (Lipinski definition) is 1.